The topological polar surface area (TPSA) is 138 Å². The minimum absolute atomic E-state index is 0.00262. The number of benzene rings is 2. The molecule has 38 heavy (non-hydrogen) atoms. The number of amides is 3. The van der Waals surface area contributed by atoms with E-state index in [2.05, 4.69) is 15.6 Å². The van der Waals surface area contributed by atoms with Crippen LogP contribution in [0.4, 0.5) is 16.2 Å². The van der Waals surface area contributed by atoms with Crippen molar-refractivity contribution in [2.24, 2.45) is 0 Å². The summed E-state index contributed by atoms with van der Waals surface area (Å²) in [6.07, 6.45) is 1.57. The highest BCUT2D eigenvalue weighted by Gasteiger charge is 2.19. The summed E-state index contributed by atoms with van der Waals surface area (Å²) in [5.41, 5.74) is 1.54. The van der Waals surface area contributed by atoms with Crippen LogP contribution in [0.2, 0.25) is 0 Å². The fourth-order valence-electron chi connectivity index (χ4n) is 3.31. The lowest BCUT2D eigenvalue weighted by molar-refractivity contribution is 0.0300. The predicted molar refractivity (Wildman–Crippen MR) is 143 cm³/mol. The monoisotopic (exact) mass is 518 g/mol. The van der Waals surface area contributed by atoms with Gasteiger partial charge in [-0.05, 0) is 75.2 Å². The van der Waals surface area contributed by atoms with E-state index >= 15 is 0 Å². The van der Waals surface area contributed by atoms with E-state index in [1.807, 2.05) is 32.9 Å². The molecule has 0 aliphatic heterocycles. The number of hydrogen-bond donors (Lipinski definition) is 3. The van der Waals surface area contributed by atoms with Gasteiger partial charge in [-0.2, -0.15) is 0 Å². The number of carboxylic acid groups (broad SMARTS) is 1. The standard InChI is InChI=1S/C28H30N4O6/c1-28(2,3)38-27(37)32(4)15-13-18-8-10-21(11-9-18)30-24(33)19-12-14-29-23(17-19)25(34)31-22-7-5-6-20(16-22)26(35)36/h5-12,14,16-17H,13,15H2,1-4H3,(H,30,33)(H,31,34)(H,35,36). The number of ether oxygens (including phenoxy) is 1. The number of nitrogens with zero attached hydrogens (tertiary/aromatic N) is 2. The van der Waals surface area contributed by atoms with Gasteiger partial charge < -0.3 is 25.4 Å². The number of pyridine rings is 1. The van der Waals surface area contributed by atoms with Crippen molar-refractivity contribution in [2.75, 3.05) is 24.2 Å². The van der Waals surface area contributed by atoms with Gasteiger partial charge in [-0.15, -0.1) is 0 Å². The van der Waals surface area contributed by atoms with Crippen LogP contribution in [-0.2, 0) is 11.2 Å². The van der Waals surface area contributed by atoms with Crippen LogP contribution in [0.25, 0.3) is 0 Å². The normalized spacial score (nSPS) is 10.8. The summed E-state index contributed by atoms with van der Waals surface area (Å²) >= 11 is 0. The molecule has 0 fully saturated rings. The molecule has 0 radical (unpaired) electrons. The number of rotatable bonds is 8. The molecule has 0 spiro atoms. The molecule has 3 rings (SSSR count). The van der Waals surface area contributed by atoms with E-state index in [9.17, 15) is 19.2 Å². The van der Waals surface area contributed by atoms with Crippen LogP contribution >= 0.6 is 0 Å². The molecule has 3 aromatic rings. The second-order valence-electron chi connectivity index (χ2n) is 9.57. The Hall–Kier alpha value is -4.73. The zero-order chi connectivity index (χ0) is 27.9. The summed E-state index contributed by atoms with van der Waals surface area (Å²) in [7, 11) is 1.68. The number of anilines is 2. The van der Waals surface area contributed by atoms with Crippen LogP contribution in [0, 0.1) is 0 Å². The number of aromatic carboxylic acids is 1. The van der Waals surface area contributed by atoms with Crippen LogP contribution < -0.4 is 10.6 Å². The Morgan fingerprint density at radius 2 is 1.58 bits per heavy atom. The maximum Gasteiger partial charge on any atom is 0.410 e. The Bertz CT molecular complexity index is 1330. The zero-order valence-corrected chi connectivity index (χ0v) is 21.6. The second-order valence-corrected chi connectivity index (χ2v) is 9.57. The quantitative estimate of drug-likeness (QED) is 0.393. The van der Waals surface area contributed by atoms with Gasteiger partial charge in [0.15, 0.2) is 0 Å². The van der Waals surface area contributed by atoms with Crippen LogP contribution in [0.5, 0.6) is 0 Å². The van der Waals surface area contributed by atoms with Crippen LogP contribution in [0.3, 0.4) is 0 Å². The highest BCUT2D eigenvalue weighted by molar-refractivity contribution is 6.08. The second kappa shape index (κ2) is 12.0. The van der Waals surface area contributed by atoms with Gasteiger partial charge in [-0.25, -0.2) is 9.59 Å². The van der Waals surface area contributed by atoms with Crippen LogP contribution in [-0.4, -0.2) is 58.1 Å². The lowest BCUT2D eigenvalue weighted by Gasteiger charge is -2.24. The SMILES string of the molecule is CN(CCc1ccc(NC(=O)c2ccnc(C(=O)Nc3cccc(C(=O)O)c3)c2)cc1)C(=O)OC(C)(C)C. The summed E-state index contributed by atoms with van der Waals surface area (Å²) in [6, 6.07) is 15.9. The summed E-state index contributed by atoms with van der Waals surface area (Å²) in [6.45, 7) is 5.92. The molecule has 0 aliphatic rings. The fraction of sp³-hybridized carbons (Fsp3) is 0.250. The fourth-order valence-corrected chi connectivity index (χ4v) is 3.31. The first-order valence-electron chi connectivity index (χ1n) is 11.9. The first-order chi connectivity index (χ1) is 17.9. The largest absolute Gasteiger partial charge is 0.478 e. The highest BCUT2D eigenvalue weighted by Crippen LogP contribution is 2.15. The molecule has 198 valence electrons. The molecule has 1 heterocycles. The molecule has 0 aliphatic carbocycles. The van der Waals surface area contributed by atoms with Crippen molar-refractivity contribution in [1.82, 2.24) is 9.88 Å². The number of carbonyl (C=O) groups excluding carboxylic acids is 3. The third kappa shape index (κ3) is 8.16. The van der Waals surface area contributed by atoms with Gasteiger partial charge in [0.2, 0.25) is 0 Å². The first-order valence-corrected chi connectivity index (χ1v) is 11.9. The van der Waals surface area contributed by atoms with Crippen molar-refractivity contribution >= 4 is 35.3 Å². The molecular weight excluding hydrogens is 488 g/mol. The molecule has 0 saturated carbocycles. The van der Waals surface area contributed by atoms with Gasteiger partial charge in [-0.1, -0.05) is 18.2 Å². The molecule has 3 N–H and O–H groups in total. The Labute approximate surface area is 220 Å². The summed E-state index contributed by atoms with van der Waals surface area (Å²) in [5.74, 6) is -2.12. The lowest BCUT2D eigenvalue weighted by Crippen LogP contribution is -2.35. The molecule has 3 amide bonds. The van der Waals surface area contributed by atoms with E-state index in [1.54, 1.807) is 25.2 Å². The minimum atomic E-state index is -1.11. The van der Waals surface area contributed by atoms with Crippen molar-refractivity contribution in [1.29, 1.82) is 0 Å². The number of hydrogen-bond acceptors (Lipinski definition) is 6. The van der Waals surface area contributed by atoms with E-state index in [0.29, 0.717) is 24.3 Å². The van der Waals surface area contributed by atoms with Gasteiger partial charge >= 0.3 is 12.1 Å². The van der Waals surface area contributed by atoms with Gasteiger partial charge in [0.25, 0.3) is 11.8 Å². The first kappa shape index (κ1) is 27.9. The molecule has 0 unspecified atom stereocenters. The van der Waals surface area contributed by atoms with Crippen molar-refractivity contribution in [3.05, 3.63) is 89.2 Å². The predicted octanol–water partition coefficient (Wildman–Crippen LogP) is 4.69. The number of nitrogens with one attached hydrogen (secondary N) is 2. The molecule has 1 aromatic heterocycles. The smallest absolute Gasteiger partial charge is 0.410 e. The Balaban J connectivity index is 1.57. The van der Waals surface area contributed by atoms with Gasteiger partial charge in [-0.3, -0.25) is 14.6 Å². The zero-order valence-electron chi connectivity index (χ0n) is 21.6. The third-order valence-corrected chi connectivity index (χ3v) is 5.28. The lowest BCUT2D eigenvalue weighted by atomic mass is 10.1. The van der Waals surface area contributed by atoms with Gasteiger partial charge in [0, 0.05) is 36.7 Å². The summed E-state index contributed by atoms with van der Waals surface area (Å²) in [5, 5.41) is 14.5. The van der Waals surface area contributed by atoms with E-state index in [-0.39, 0.29) is 22.9 Å². The molecule has 10 heteroatoms. The van der Waals surface area contributed by atoms with Crippen molar-refractivity contribution in [3.63, 3.8) is 0 Å². The van der Waals surface area contributed by atoms with Crippen LogP contribution in [0.15, 0.2) is 66.9 Å². The summed E-state index contributed by atoms with van der Waals surface area (Å²) < 4.78 is 5.35. The number of aromatic nitrogens is 1. The third-order valence-electron chi connectivity index (χ3n) is 5.28. The van der Waals surface area contributed by atoms with E-state index < -0.39 is 23.4 Å². The van der Waals surface area contributed by atoms with Crippen molar-refractivity contribution in [2.45, 2.75) is 32.8 Å². The van der Waals surface area contributed by atoms with E-state index in [0.717, 1.165) is 5.56 Å². The van der Waals surface area contributed by atoms with Crippen molar-refractivity contribution < 1.29 is 29.0 Å². The number of carbonyl (C=O) groups is 4. The molecule has 10 nitrogen and oxygen atoms in total. The van der Waals surface area contributed by atoms with E-state index in [1.165, 1.54) is 41.4 Å². The molecular formula is C28H30N4O6. The molecule has 0 bridgehead atoms. The molecule has 0 saturated heterocycles. The molecule has 0 atom stereocenters. The van der Waals surface area contributed by atoms with Gasteiger partial charge in [0.05, 0.1) is 5.56 Å². The Morgan fingerprint density at radius 1 is 0.895 bits per heavy atom. The number of likely N-dealkylation sites (N-methyl/N-ethyl adjacent to an activating group) is 1. The average Bonchev–Trinajstić information content (AvgIpc) is 2.87. The average molecular weight is 519 g/mol. The Kier molecular flexibility index (Phi) is 8.80. The molecule has 2 aromatic carbocycles. The Morgan fingerprint density at radius 3 is 2.24 bits per heavy atom. The maximum atomic E-state index is 12.8. The minimum Gasteiger partial charge on any atom is -0.478 e. The van der Waals surface area contributed by atoms with Crippen LogP contribution in [0.1, 0.15) is 57.5 Å². The summed E-state index contributed by atoms with van der Waals surface area (Å²) in [4.78, 5) is 54.1. The highest BCUT2D eigenvalue weighted by atomic mass is 16.6. The number of carboxylic acids is 1. The van der Waals surface area contributed by atoms with Crippen molar-refractivity contribution in [3.8, 4) is 0 Å². The van der Waals surface area contributed by atoms with Gasteiger partial charge in [0.1, 0.15) is 11.3 Å². The maximum absolute atomic E-state index is 12.8. The van der Waals surface area contributed by atoms with E-state index in [4.69, 9.17) is 9.84 Å².